The standard InChI is InChI=1S/C21H30NO/c1-15-11-9-10-14-18(15)22-16(2)19(17-12-7-6-8-13-17)23-20(22)21(3,4)5/h9-11,14,17H,6-8,12-13H2,1-5H3/q+1. The molecule has 1 aliphatic rings. The largest absolute Gasteiger partial charge is 0.405 e. The second-order valence-electron chi connectivity index (χ2n) is 8.06. The lowest BCUT2D eigenvalue weighted by Crippen LogP contribution is -2.41. The van der Waals surface area contributed by atoms with Crippen molar-refractivity contribution in [3.8, 4) is 5.69 Å². The molecule has 2 heteroatoms. The van der Waals surface area contributed by atoms with Crippen molar-refractivity contribution in [3.05, 3.63) is 47.2 Å². The van der Waals surface area contributed by atoms with Gasteiger partial charge < -0.3 is 4.42 Å². The summed E-state index contributed by atoms with van der Waals surface area (Å²) in [6.07, 6.45) is 6.58. The Bertz CT molecular complexity index is 684. The molecule has 0 unspecified atom stereocenters. The van der Waals surface area contributed by atoms with E-state index in [0.29, 0.717) is 5.92 Å². The Morgan fingerprint density at radius 2 is 1.65 bits per heavy atom. The number of aryl methyl sites for hydroxylation is 1. The molecule has 0 aliphatic heterocycles. The van der Waals surface area contributed by atoms with Gasteiger partial charge in [-0.2, -0.15) is 0 Å². The summed E-state index contributed by atoms with van der Waals surface area (Å²) < 4.78 is 8.88. The third-order valence-electron chi connectivity index (χ3n) is 5.08. The Morgan fingerprint density at radius 1 is 1.00 bits per heavy atom. The van der Waals surface area contributed by atoms with Gasteiger partial charge in [-0.05, 0) is 40.5 Å². The van der Waals surface area contributed by atoms with Crippen LogP contribution in [0.3, 0.4) is 0 Å². The van der Waals surface area contributed by atoms with Crippen molar-refractivity contribution in [1.82, 2.24) is 0 Å². The fraction of sp³-hybridized carbons (Fsp3) is 0.571. The summed E-state index contributed by atoms with van der Waals surface area (Å²) in [5, 5.41) is 0. The summed E-state index contributed by atoms with van der Waals surface area (Å²) in [7, 11) is 0. The number of nitrogens with zero attached hydrogens (tertiary/aromatic N) is 1. The van der Waals surface area contributed by atoms with Crippen molar-refractivity contribution in [1.29, 1.82) is 0 Å². The Labute approximate surface area is 140 Å². The molecule has 0 atom stereocenters. The maximum Gasteiger partial charge on any atom is 0.358 e. The van der Waals surface area contributed by atoms with Crippen LogP contribution in [-0.2, 0) is 5.41 Å². The van der Waals surface area contributed by atoms with Gasteiger partial charge in [0.1, 0.15) is 0 Å². The van der Waals surface area contributed by atoms with Crippen molar-refractivity contribution in [2.45, 2.75) is 78.1 Å². The van der Waals surface area contributed by atoms with Gasteiger partial charge in [-0.1, -0.05) is 37.5 Å². The molecule has 2 aromatic rings. The maximum atomic E-state index is 6.52. The van der Waals surface area contributed by atoms with Gasteiger partial charge >= 0.3 is 5.89 Å². The minimum atomic E-state index is -0.0139. The van der Waals surface area contributed by atoms with Gasteiger partial charge in [0.15, 0.2) is 5.76 Å². The number of aromatic nitrogens is 1. The minimum Gasteiger partial charge on any atom is -0.405 e. The molecule has 0 radical (unpaired) electrons. The molecule has 2 nitrogen and oxygen atoms in total. The molecule has 1 aromatic heterocycles. The zero-order valence-electron chi connectivity index (χ0n) is 15.3. The first-order valence-electron chi connectivity index (χ1n) is 9.01. The van der Waals surface area contributed by atoms with Crippen molar-refractivity contribution >= 4 is 0 Å². The highest BCUT2D eigenvalue weighted by Crippen LogP contribution is 2.36. The fourth-order valence-electron chi connectivity index (χ4n) is 3.82. The van der Waals surface area contributed by atoms with Gasteiger partial charge in [-0.15, -0.1) is 4.57 Å². The maximum absolute atomic E-state index is 6.52. The van der Waals surface area contributed by atoms with E-state index >= 15 is 0 Å². The van der Waals surface area contributed by atoms with E-state index < -0.39 is 0 Å². The molecule has 0 spiro atoms. The summed E-state index contributed by atoms with van der Waals surface area (Å²) in [5.41, 5.74) is 3.82. The van der Waals surface area contributed by atoms with E-state index in [9.17, 15) is 0 Å². The van der Waals surface area contributed by atoms with Crippen LogP contribution in [0.4, 0.5) is 0 Å². The monoisotopic (exact) mass is 312 g/mol. The Hall–Kier alpha value is -1.57. The summed E-state index contributed by atoms with van der Waals surface area (Å²) in [5.74, 6) is 2.89. The van der Waals surface area contributed by atoms with Crippen LogP contribution in [0.1, 0.15) is 81.7 Å². The third-order valence-corrected chi connectivity index (χ3v) is 5.08. The smallest absolute Gasteiger partial charge is 0.358 e. The summed E-state index contributed by atoms with van der Waals surface area (Å²) in [4.78, 5) is 0. The SMILES string of the molecule is Cc1ccccc1-[n+]1c(C(C)(C)C)oc(C2CCCCC2)c1C. The first-order valence-corrected chi connectivity index (χ1v) is 9.01. The molecular formula is C21H30NO+. The normalized spacial score (nSPS) is 16.7. The van der Waals surface area contributed by atoms with E-state index in [-0.39, 0.29) is 5.41 Å². The van der Waals surface area contributed by atoms with Gasteiger partial charge in [-0.3, -0.25) is 0 Å². The topological polar surface area (TPSA) is 17.0 Å². The average Bonchev–Trinajstić information content (AvgIpc) is 2.86. The number of rotatable bonds is 2. The van der Waals surface area contributed by atoms with E-state index in [1.807, 2.05) is 0 Å². The van der Waals surface area contributed by atoms with E-state index in [0.717, 1.165) is 5.89 Å². The van der Waals surface area contributed by atoms with Crippen LogP contribution in [0, 0.1) is 13.8 Å². The molecule has 1 saturated carbocycles. The molecule has 0 bridgehead atoms. The second-order valence-corrected chi connectivity index (χ2v) is 8.06. The highest BCUT2D eigenvalue weighted by atomic mass is 16.4. The lowest BCUT2D eigenvalue weighted by molar-refractivity contribution is -0.619. The molecule has 0 amide bonds. The van der Waals surface area contributed by atoms with Crippen molar-refractivity contribution in [2.75, 3.05) is 0 Å². The van der Waals surface area contributed by atoms with Crippen LogP contribution in [0.15, 0.2) is 28.7 Å². The first-order chi connectivity index (χ1) is 10.9. The van der Waals surface area contributed by atoms with Gasteiger partial charge in [0.2, 0.25) is 11.4 Å². The van der Waals surface area contributed by atoms with Crippen LogP contribution in [0.2, 0.25) is 0 Å². The summed E-state index contributed by atoms with van der Waals surface area (Å²) >= 11 is 0. The lowest BCUT2D eigenvalue weighted by atomic mass is 9.87. The van der Waals surface area contributed by atoms with Crippen LogP contribution in [-0.4, -0.2) is 0 Å². The molecule has 1 aliphatic carbocycles. The highest BCUT2D eigenvalue weighted by Gasteiger charge is 2.38. The molecule has 1 aromatic carbocycles. The van der Waals surface area contributed by atoms with Crippen LogP contribution in [0.25, 0.3) is 5.69 Å². The second kappa shape index (κ2) is 6.14. The first kappa shape index (κ1) is 16.3. The van der Waals surface area contributed by atoms with Crippen LogP contribution >= 0.6 is 0 Å². The van der Waals surface area contributed by atoms with E-state index in [1.54, 1.807) is 0 Å². The van der Waals surface area contributed by atoms with Gasteiger partial charge in [0, 0.05) is 24.5 Å². The number of hydrogen-bond acceptors (Lipinski definition) is 1. The van der Waals surface area contributed by atoms with E-state index in [2.05, 4.69) is 63.5 Å². The van der Waals surface area contributed by atoms with Crippen molar-refractivity contribution in [2.24, 2.45) is 0 Å². The number of para-hydroxylation sites is 1. The Morgan fingerprint density at radius 3 is 2.26 bits per heavy atom. The molecule has 0 saturated heterocycles. The van der Waals surface area contributed by atoms with Crippen molar-refractivity contribution < 1.29 is 8.98 Å². The van der Waals surface area contributed by atoms with Crippen LogP contribution in [0.5, 0.6) is 0 Å². The fourth-order valence-corrected chi connectivity index (χ4v) is 3.82. The van der Waals surface area contributed by atoms with Gasteiger partial charge in [-0.25, -0.2) is 0 Å². The quantitative estimate of drug-likeness (QED) is 0.667. The Kier molecular flexibility index (Phi) is 4.35. The molecule has 3 rings (SSSR count). The van der Waals surface area contributed by atoms with Gasteiger partial charge in [0.05, 0.1) is 5.41 Å². The lowest BCUT2D eigenvalue weighted by Gasteiger charge is -2.18. The molecule has 0 N–H and O–H groups in total. The molecule has 1 fully saturated rings. The third kappa shape index (κ3) is 3.08. The predicted octanol–water partition coefficient (Wildman–Crippen LogP) is 5.52. The van der Waals surface area contributed by atoms with E-state index in [1.165, 1.54) is 54.8 Å². The van der Waals surface area contributed by atoms with Crippen LogP contribution < -0.4 is 4.57 Å². The van der Waals surface area contributed by atoms with Crippen molar-refractivity contribution in [3.63, 3.8) is 0 Å². The number of hydrogen-bond donors (Lipinski definition) is 0. The highest BCUT2D eigenvalue weighted by molar-refractivity contribution is 5.33. The number of oxazole rings is 1. The Balaban J connectivity index is 2.17. The number of benzene rings is 1. The average molecular weight is 312 g/mol. The molecular weight excluding hydrogens is 282 g/mol. The summed E-state index contributed by atoms with van der Waals surface area (Å²) in [6.45, 7) is 11.1. The molecule has 124 valence electrons. The minimum absolute atomic E-state index is 0.0139. The predicted molar refractivity (Wildman–Crippen MR) is 94.2 cm³/mol. The van der Waals surface area contributed by atoms with Gasteiger partial charge in [0.25, 0.3) is 0 Å². The zero-order valence-corrected chi connectivity index (χ0v) is 15.3. The summed E-state index contributed by atoms with van der Waals surface area (Å²) in [6, 6.07) is 8.61. The molecule has 1 heterocycles. The zero-order chi connectivity index (χ0) is 16.6. The molecule has 23 heavy (non-hydrogen) atoms. The van der Waals surface area contributed by atoms with E-state index in [4.69, 9.17) is 4.42 Å².